The predicted molar refractivity (Wildman–Crippen MR) is 107 cm³/mol. The van der Waals surface area contributed by atoms with Crippen LogP contribution in [-0.2, 0) is 13.1 Å². The third-order valence-electron chi connectivity index (χ3n) is 4.50. The fourth-order valence-corrected chi connectivity index (χ4v) is 3.02. The van der Waals surface area contributed by atoms with Gasteiger partial charge in [0.05, 0.1) is 24.8 Å². The fourth-order valence-electron chi connectivity index (χ4n) is 2.90. The average molecular weight is 463 g/mol. The number of nitrogens with one attached hydrogen (secondary N) is 2. The van der Waals surface area contributed by atoms with E-state index < -0.39 is 29.6 Å². The van der Waals surface area contributed by atoms with Crippen LogP contribution in [0, 0.1) is 4.84 Å². The third kappa shape index (κ3) is 4.65. The highest BCUT2D eigenvalue weighted by molar-refractivity contribution is 7.71. The van der Waals surface area contributed by atoms with E-state index in [0.29, 0.717) is 11.3 Å². The molecule has 3 atom stereocenters. The number of H-pyrrole nitrogens is 2. The summed E-state index contributed by atoms with van der Waals surface area (Å²) in [7, 11) is 0. The Labute approximate surface area is 182 Å². The minimum Gasteiger partial charge on any atom is -0.466 e. The molecule has 0 unspecified atom stereocenters. The van der Waals surface area contributed by atoms with Gasteiger partial charge in [0.2, 0.25) is 5.89 Å². The first-order chi connectivity index (χ1) is 15.3. The van der Waals surface area contributed by atoms with E-state index in [-0.39, 0.29) is 29.6 Å². The number of aliphatic hydroxyl groups is 3. The molecule has 4 rings (SSSR count). The lowest BCUT2D eigenvalue weighted by atomic mass is 10.1. The predicted octanol–water partition coefficient (Wildman–Crippen LogP) is -1.06. The molecular formula is C17H17N7O7S. The first-order valence-electron chi connectivity index (χ1n) is 9.17. The van der Waals surface area contributed by atoms with Gasteiger partial charge in [-0.3, -0.25) is 14.3 Å². The molecule has 0 radical (unpaired) electrons. The summed E-state index contributed by atoms with van der Waals surface area (Å²) in [5.41, 5.74) is -0.361. The van der Waals surface area contributed by atoms with Gasteiger partial charge in [-0.15, -0.1) is 10.2 Å². The molecule has 4 aromatic heterocycles. The third-order valence-corrected chi connectivity index (χ3v) is 4.68. The highest BCUT2D eigenvalue weighted by Gasteiger charge is 2.29. The summed E-state index contributed by atoms with van der Waals surface area (Å²) >= 11 is 4.80. The maximum atomic E-state index is 11.7. The van der Waals surface area contributed by atoms with Crippen LogP contribution in [0.2, 0.25) is 0 Å². The zero-order valence-corrected chi connectivity index (χ0v) is 17.0. The van der Waals surface area contributed by atoms with Gasteiger partial charge >= 0.3 is 5.69 Å². The molecule has 0 aliphatic heterocycles. The molecule has 32 heavy (non-hydrogen) atoms. The molecule has 0 saturated carbocycles. The van der Waals surface area contributed by atoms with Crippen LogP contribution in [0.15, 0.2) is 49.2 Å². The summed E-state index contributed by atoms with van der Waals surface area (Å²) in [6.45, 7) is -0.163. The van der Waals surface area contributed by atoms with E-state index in [0.717, 1.165) is 0 Å². The van der Waals surface area contributed by atoms with Gasteiger partial charge in [-0.2, -0.15) is 0 Å². The standard InChI is InChI=1S/C17H17N7O7S/c25-10(6-24-5-9(19-22-24)4-23-2-1-12(26)18-16(23)29)13(27)14(28)11-3-8(7-30-11)15-20-21-17(32)31-15/h1-3,5,7,10,13-14,25,27-28H,4,6H2,(H,21,32)(H,18,26,29)/t10-,13-,14-/m1/s1. The van der Waals surface area contributed by atoms with E-state index >= 15 is 0 Å². The van der Waals surface area contributed by atoms with Gasteiger partial charge in [0, 0.05) is 12.3 Å². The molecular weight excluding hydrogens is 446 g/mol. The molecule has 0 aliphatic rings. The summed E-state index contributed by atoms with van der Waals surface area (Å²) in [5.74, 6) is 0.122. The fraction of sp³-hybridized carbons (Fsp3) is 0.294. The number of hydrogen-bond acceptors (Lipinski definition) is 11. The highest BCUT2D eigenvalue weighted by Crippen LogP contribution is 2.26. The van der Waals surface area contributed by atoms with Crippen molar-refractivity contribution in [2.75, 3.05) is 0 Å². The SMILES string of the molecule is O=c1ccn(Cc2cn(C[C@@H](O)[C@@H](O)[C@H](O)c3cc(-c4n[nH]c(=S)o4)co3)nn2)c(=O)[nH]1. The van der Waals surface area contributed by atoms with Gasteiger partial charge in [0.1, 0.15) is 36.0 Å². The summed E-state index contributed by atoms with van der Waals surface area (Å²) < 4.78 is 12.9. The van der Waals surface area contributed by atoms with Gasteiger partial charge in [-0.25, -0.2) is 14.6 Å². The number of aromatic amines is 2. The van der Waals surface area contributed by atoms with E-state index in [1.807, 2.05) is 0 Å². The molecule has 5 N–H and O–H groups in total. The van der Waals surface area contributed by atoms with Crippen molar-refractivity contribution in [3.05, 3.63) is 67.9 Å². The van der Waals surface area contributed by atoms with E-state index in [4.69, 9.17) is 21.1 Å². The summed E-state index contributed by atoms with van der Waals surface area (Å²) in [6.07, 6.45) is -0.570. The van der Waals surface area contributed by atoms with E-state index in [1.54, 1.807) is 0 Å². The number of rotatable bonds is 8. The minimum absolute atomic E-state index is 0.0209. The van der Waals surface area contributed by atoms with Crippen LogP contribution < -0.4 is 11.2 Å². The highest BCUT2D eigenvalue weighted by atomic mass is 32.1. The second-order valence-corrected chi connectivity index (χ2v) is 7.20. The lowest BCUT2D eigenvalue weighted by Crippen LogP contribution is -2.35. The van der Waals surface area contributed by atoms with Crippen LogP contribution in [0.25, 0.3) is 11.5 Å². The summed E-state index contributed by atoms with van der Waals surface area (Å²) in [4.78, 5) is 25.1. The summed E-state index contributed by atoms with van der Waals surface area (Å²) in [5, 5.41) is 45.0. The number of nitrogens with zero attached hydrogens (tertiary/aromatic N) is 5. The smallest absolute Gasteiger partial charge is 0.328 e. The van der Waals surface area contributed by atoms with Crippen LogP contribution >= 0.6 is 12.2 Å². The van der Waals surface area contributed by atoms with Crippen molar-refractivity contribution >= 4 is 12.2 Å². The molecule has 168 valence electrons. The van der Waals surface area contributed by atoms with Crippen molar-refractivity contribution in [3.63, 3.8) is 0 Å². The lowest BCUT2D eigenvalue weighted by Gasteiger charge is -2.21. The first-order valence-corrected chi connectivity index (χ1v) is 9.58. The average Bonchev–Trinajstić information content (AvgIpc) is 3.50. The van der Waals surface area contributed by atoms with Crippen molar-refractivity contribution in [1.29, 1.82) is 0 Å². The van der Waals surface area contributed by atoms with E-state index in [1.165, 1.54) is 40.0 Å². The van der Waals surface area contributed by atoms with Gasteiger partial charge in [-0.05, 0) is 18.3 Å². The maximum Gasteiger partial charge on any atom is 0.328 e. The second-order valence-electron chi connectivity index (χ2n) is 6.83. The zero-order valence-electron chi connectivity index (χ0n) is 16.2. The number of furan rings is 1. The van der Waals surface area contributed by atoms with Crippen LogP contribution in [0.3, 0.4) is 0 Å². The largest absolute Gasteiger partial charge is 0.466 e. The van der Waals surface area contributed by atoms with Crippen molar-refractivity contribution < 1.29 is 24.2 Å². The molecule has 4 heterocycles. The van der Waals surface area contributed by atoms with Gasteiger partial charge in [0.15, 0.2) is 0 Å². The topological polar surface area (TPSA) is 201 Å². The van der Waals surface area contributed by atoms with Crippen LogP contribution in [0.1, 0.15) is 17.6 Å². The van der Waals surface area contributed by atoms with Crippen molar-refractivity contribution in [1.82, 2.24) is 34.7 Å². The molecule has 0 saturated heterocycles. The molecule has 15 heteroatoms. The normalized spacial score (nSPS) is 14.3. The Morgan fingerprint density at radius 2 is 2.06 bits per heavy atom. The monoisotopic (exact) mass is 463 g/mol. The van der Waals surface area contributed by atoms with Crippen molar-refractivity contribution in [2.24, 2.45) is 0 Å². The molecule has 0 amide bonds. The molecule has 0 fully saturated rings. The Balaban J connectivity index is 1.40. The number of aromatic nitrogens is 7. The Kier molecular flexibility index (Phi) is 5.95. The Hall–Kier alpha value is -3.66. The molecule has 0 spiro atoms. The lowest BCUT2D eigenvalue weighted by molar-refractivity contribution is -0.0739. The first kappa shape index (κ1) is 21.6. The molecule has 0 aromatic carbocycles. The molecule has 0 aliphatic carbocycles. The van der Waals surface area contributed by atoms with E-state index in [2.05, 4.69) is 25.5 Å². The van der Waals surface area contributed by atoms with Crippen LogP contribution in [-0.4, -0.2) is 62.3 Å². The van der Waals surface area contributed by atoms with Crippen molar-refractivity contribution in [2.45, 2.75) is 31.4 Å². The van der Waals surface area contributed by atoms with Crippen LogP contribution in [0.5, 0.6) is 0 Å². The van der Waals surface area contributed by atoms with E-state index in [9.17, 15) is 24.9 Å². The minimum atomic E-state index is -1.62. The Bertz CT molecular complexity index is 1380. The quantitative estimate of drug-likeness (QED) is 0.199. The molecule has 14 nitrogen and oxygen atoms in total. The van der Waals surface area contributed by atoms with Crippen LogP contribution in [0.4, 0.5) is 0 Å². The zero-order chi connectivity index (χ0) is 22.8. The Morgan fingerprint density at radius 1 is 1.25 bits per heavy atom. The number of hydrogen-bond donors (Lipinski definition) is 5. The Morgan fingerprint density at radius 3 is 2.78 bits per heavy atom. The molecule has 4 aromatic rings. The maximum absolute atomic E-state index is 11.7. The summed E-state index contributed by atoms with van der Waals surface area (Å²) in [6, 6.07) is 2.59. The molecule has 0 bridgehead atoms. The van der Waals surface area contributed by atoms with Gasteiger partial charge < -0.3 is 24.2 Å². The van der Waals surface area contributed by atoms with Crippen molar-refractivity contribution in [3.8, 4) is 11.5 Å². The number of aliphatic hydroxyl groups excluding tert-OH is 3. The van der Waals surface area contributed by atoms with Gasteiger partial charge in [0.25, 0.3) is 10.4 Å². The van der Waals surface area contributed by atoms with Gasteiger partial charge in [-0.1, -0.05) is 5.21 Å². The second kappa shape index (κ2) is 8.83.